The molecule has 2 atom stereocenters. The second kappa shape index (κ2) is 8.73. The molecule has 0 amide bonds. The van der Waals surface area contributed by atoms with Crippen molar-refractivity contribution in [2.24, 2.45) is 5.92 Å². The molecule has 0 bridgehead atoms. The first-order valence-electron chi connectivity index (χ1n) is 8.86. The highest BCUT2D eigenvalue weighted by Crippen LogP contribution is 2.30. The van der Waals surface area contributed by atoms with E-state index in [1.165, 1.54) is 0 Å². The monoisotopic (exact) mass is 372 g/mol. The van der Waals surface area contributed by atoms with Crippen LogP contribution in [0.25, 0.3) is 0 Å². The minimum atomic E-state index is -0.802. The van der Waals surface area contributed by atoms with Gasteiger partial charge >= 0.3 is 5.97 Å². The van der Waals surface area contributed by atoms with Crippen LogP contribution >= 0.6 is 0 Å². The second-order valence-electron chi connectivity index (χ2n) is 6.45. The number of hydrogen-bond donors (Lipinski definition) is 2. The van der Waals surface area contributed by atoms with Crippen LogP contribution in [-0.4, -0.2) is 43.4 Å². The number of methoxy groups -OCH3 is 2. The lowest BCUT2D eigenvalue weighted by atomic mass is 9.84. The van der Waals surface area contributed by atoms with Gasteiger partial charge in [-0.3, -0.25) is 4.79 Å². The zero-order valence-electron chi connectivity index (χ0n) is 15.5. The number of pyridine rings is 1. The predicted octanol–water partition coefficient (Wildman–Crippen LogP) is 2.46. The van der Waals surface area contributed by atoms with E-state index in [-0.39, 0.29) is 5.92 Å². The van der Waals surface area contributed by atoms with Gasteiger partial charge in [-0.2, -0.15) is 0 Å². The Morgan fingerprint density at radius 3 is 2.63 bits per heavy atom. The number of rotatable bonds is 7. The Hall–Kier alpha value is -2.80. The van der Waals surface area contributed by atoms with Gasteiger partial charge in [0.15, 0.2) is 0 Å². The molecule has 0 spiro atoms. The van der Waals surface area contributed by atoms with Crippen molar-refractivity contribution >= 4 is 5.97 Å². The fourth-order valence-corrected chi connectivity index (χ4v) is 3.30. The molecule has 0 aliphatic carbocycles. The maximum absolute atomic E-state index is 11.5. The van der Waals surface area contributed by atoms with Crippen LogP contribution in [0.15, 0.2) is 36.4 Å². The van der Waals surface area contributed by atoms with Crippen LogP contribution in [0.4, 0.5) is 0 Å². The van der Waals surface area contributed by atoms with Crippen LogP contribution in [0.2, 0.25) is 0 Å². The summed E-state index contributed by atoms with van der Waals surface area (Å²) in [5, 5.41) is 12.6. The largest absolute Gasteiger partial charge is 0.497 e. The van der Waals surface area contributed by atoms with Gasteiger partial charge in [0.05, 0.1) is 20.1 Å². The van der Waals surface area contributed by atoms with Gasteiger partial charge in [-0.15, -0.1) is 0 Å². The molecule has 1 aliphatic heterocycles. The molecule has 1 fully saturated rings. The van der Waals surface area contributed by atoms with Crippen LogP contribution in [0.1, 0.15) is 23.6 Å². The maximum Gasteiger partial charge on any atom is 0.308 e. The van der Waals surface area contributed by atoms with Crippen molar-refractivity contribution in [2.75, 3.05) is 27.3 Å². The lowest BCUT2D eigenvalue weighted by Gasteiger charge is -2.28. The SMILES string of the molecule is COc1cc(COc2cccc([C@H]3CCNC[C@@H]3C(=O)O)n2)cc(OC)c1. The number of nitrogens with one attached hydrogen (secondary N) is 1. The van der Waals surface area contributed by atoms with Crippen molar-refractivity contribution in [1.29, 1.82) is 0 Å². The Bertz CT molecular complexity index is 773. The van der Waals surface area contributed by atoms with E-state index < -0.39 is 11.9 Å². The van der Waals surface area contributed by atoms with Crippen molar-refractivity contribution in [1.82, 2.24) is 10.3 Å². The van der Waals surface area contributed by atoms with Crippen molar-refractivity contribution in [3.8, 4) is 17.4 Å². The first-order valence-corrected chi connectivity index (χ1v) is 8.86. The Labute approximate surface area is 158 Å². The molecule has 3 rings (SSSR count). The van der Waals surface area contributed by atoms with Crippen LogP contribution < -0.4 is 19.5 Å². The van der Waals surface area contributed by atoms with E-state index in [0.29, 0.717) is 30.5 Å². The van der Waals surface area contributed by atoms with Crippen LogP contribution in [0.3, 0.4) is 0 Å². The standard InChI is InChI=1S/C20H24N2O5/c1-25-14-8-13(9-15(10-14)26-2)12-27-19-5-3-4-18(22-19)16-6-7-21-11-17(16)20(23)24/h3-5,8-10,16-17,21H,6-7,11-12H2,1-2H3,(H,23,24)/t16-,17-/m0/s1. The molecular formula is C20H24N2O5. The highest BCUT2D eigenvalue weighted by molar-refractivity contribution is 5.71. The van der Waals surface area contributed by atoms with E-state index in [1.807, 2.05) is 24.3 Å². The maximum atomic E-state index is 11.5. The molecular weight excluding hydrogens is 348 g/mol. The number of carbonyl (C=O) groups is 1. The van der Waals surface area contributed by atoms with Gasteiger partial charge in [0, 0.05) is 30.3 Å². The molecule has 7 nitrogen and oxygen atoms in total. The number of nitrogens with zero attached hydrogens (tertiary/aromatic N) is 1. The predicted molar refractivity (Wildman–Crippen MR) is 99.5 cm³/mol. The summed E-state index contributed by atoms with van der Waals surface area (Å²) in [6.07, 6.45) is 0.737. The van der Waals surface area contributed by atoms with E-state index in [1.54, 1.807) is 26.4 Å². The third-order valence-electron chi connectivity index (χ3n) is 4.72. The third-order valence-corrected chi connectivity index (χ3v) is 4.72. The number of aromatic nitrogens is 1. The number of carboxylic acid groups (broad SMARTS) is 1. The molecule has 2 N–H and O–H groups in total. The molecule has 2 aromatic rings. The second-order valence-corrected chi connectivity index (χ2v) is 6.45. The van der Waals surface area contributed by atoms with Crippen LogP contribution in [-0.2, 0) is 11.4 Å². The van der Waals surface area contributed by atoms with Gasteiger partial charge in [0.25, 0.3) is 0 Å². The molecule has 1 saturated heterocycles. The number of aliphatic carboxylic acids is 1. The molecule has 1 aliphatic rings. The minimum Gasteiger partial charge on any atom is -0.497 e. The number of piperidine rings is 1. The fourth-order valence-electron chi connectivity index (χ4n) is 3.30. The van der Waals surface area contributed by atoms with E-state index in [4.69, 9.17) is 14.2 Å². The van der Waals surface area contributed by atoms with E-state index in [2.05, 4.69) is 10.3 Å². The van der Waals surface area contributed by atoms with Crippen LogP contribution in [0, 0.1) is 5.92 Å². The Morgan fingerprint density at radius 2 is 1.96 bits per heavy atom. The topological polar surface area (TPSA) is 89.9 Å². The molecule has 0 unspecified atom stereocenters. The molecule has 144 valence electrons. The van der Waals surface area contributed by atoms with Gasteiger partial charge in [-0.1, -0.05) is 6.07 Å². The van der Waals surface area contributed by atoms with Crippen LogP contribution in [0.5, 0.6) is 17.4 Å². The fraction of sp³-hybridized carbons (Fsp3) is 0.400. The van der Waals surface area contributed by atoms with Crippen molar-refractivity contribution in [3.05, 3.63) is 47.7 Å². The number of carboxylic acids is 1. The Balaban J connectivity index is 1.73. The Morgan fingerprint density at radius 1 is 1.22 bits per heavy atom. The number of hydrogen-bond acceptors (Lipinski definition) is 6. The lowest BCUT2D eigenvalue weighted by molar-refractivity contribution is -0.143. The third kappa shape index (κ3) is 4.68. The average molecular weight is 372 g/mol. The molecule has 1 aromatic carbocycles. The zero-order valence-corrected chi connectivity index (χ0v) is 15.5. The van der Waals surface area contributed by atoms with Gasteiger partial charge < -0.3 is 24.6 Å². The molecule has 0 radical (unpaired) electrons. The van der Waals surface area contributed by atoms with Gasteiger partial charge in [0.1, 0.15) is 18.1 Å². The smallest absolute Gasteiger partial charge is 0.308 e. The molecule has 2 heterocycles. The minimum absolute atomic E-state index is 0.121. The molecule has 1 aromatic heterocycles. The van der Waals surface area contributed by atoms with Gasteiger partial charge in [-0.25, -0.2) is 4.98 Å². The average Bonchev–Trinajstić information content (AvgIpc) is 2.72. The summed E-state index contributed by atoms with van der Waals surface area (Å²) in [5.74, 6) is 0.441. The van der Waals surface area contributed by atoms with Crippen molar-refractivity contribution in [3.63, 3.8) is 0 Å². The van der Waals surface area contributed by atoms with Crippen molar-refractivity contribution in [2.45, 2.75) is 18.9 Å². The summed E-state index contributed by atoms with van der Waals surface area (Å²) in [6, 6.07) is 11.0. The summed E-state index contributed by atoms with van der Waals surface area (Å²) >= 11 is 0. The number of benzene rings is 1. The normalized spacial score (nSPS) is 19.3. The molecule has 27 heavy (non-hydrogen) atoms. The summed E-state index contributed by atoms with van der Waals surface area (Å²) in [7, 11) is 3.20. The Kier molecular flexibility index (Phi) is 6.13. The summed E-state index contributed by atoms with van der Waals surface area (Å²) in [4.78, 5) is 16.1. The van der Waals surface area contributed by atoms with Gasteiger partial charge in [0.2, 0.25) is 5.88 Å². The van der Waals surface area contributed by atoms with E-state index >= 15 is 0 Å². The summed E-state index contributed by atoms with van der Waals surface area (Å²) < 4.78 is 16.4. The quantitative estimate of drug-likeness (QED) is 0.771. The van der Waals surface area contributed by atoms with E-state index in [9.17, 15) is 9.90 Å². The summed E-state index contributed by atoms with van der Waals surface area (Å²) in [5.41, 5.74) is 1.65. The van der Waals surface area contributed by atoms with E-state index in [0.717, 1.165) is 24.2 Å². The highest BCUT2D eigenvalue weighted by Gasteiger charge is 2.32. The first-order chi connectivity index (χ1) is 13.1. The lowest BCUT2D eigenvalue weighted by Crippen LogP contribution is -2.39. The van der Waals surface area contributed by atoms with Gasteiger partial charge in [-0.05, 0) is 36.7 Å². The molecule has 0 saturated carbocycles. The van der Waals surface area contributed by atoms with Crippen molar-refractivity contribution < 1.29 is 24.1 Å². The zero-order chi connectivity index (χ0) is 19.2. The highest BCUT2D eigenvalue weighted by atomic mass is 16.5. The first kappa shape index (κ1) is 19.0. The number of ether oxygens (including phenoxy) is 3. The summed E-state index contributed by atoms with van der Waals surface area (Å²) in [6.45, 7) is 1.54. The molecule has 7 heteroatoms.